The number of hydrogen-bond donors (Lipinski definition) is 0. The van der Waals surface area contributed by atoms with Crippen molar-refractivity contribution in [3.8, 4) is 17.6 Å². The molecule has 2 rings (SSSR count). The molecular weight excluding hydrogens is 394 g/mol. The summed E-state index contributed by atoms with van der Waals surface area (Å²) in [4.78, 5) is 24.3. The molecule has 2 aromatic carbocycles. The van der Waals surface area contributed by atoms with Gasteiger partial charge in [-0.25, -0.2) is 4.79 Å². The van der Waals surface area contributed by atoms with E-state index >= 15 is 0 Å². The average Bonchev–Trinajstić information content (AvgIpc) is 2.76. The Morgan fingerprint density at radius 1 is 0.935 bits per heavy atom. The van der Waals surface area contributed by atoms with Crippen molar-refractivity contribution < 1.29 is 23.8 Å². The maximum Gasteiger partial charge on any atom is 0.343 e. The second-order valence-electron chi connectivity index (χ2n) is 8.12. The molecule has 31 heavy (non-hydrogen) atoms. The van der Waals surface area contributed by atoms with Gasteiger partial charge in [0.05, 0.1) is 35.8 Å². The Bertz CT molecular complexity index is 908. The van der Waals surface area contributed by atoms with Crippen LogP contribution in [0.15, 0.2) is 48.5 Å². The van der Waals surface area contributed by atoms with Gasteiger partial charge in [-0.1, -0.05) is 13.8 Å². The summed E-state index contributed by atoms with van der Waals surface area (Å²) in [5.74, 6) is 0.580. The lowest BCUT2D eigenvalue weighted by atomic mass is 9.81. The lowest BCUT2D eigenvalue weighted by molar-refractivity contribution is -0.156. The molecule has 6 heteroatoms. The third kappa shape index (κ3) is 7.14. The largest absolute Gasteiger partial charge is 0.494 e. The first-order chi connectivity index (χ1) is 14.7. The van der Waals surface area contributed by atoms with Crippen LogP contribution < -0.4 is 9.47 Å². The van der Waals surface area contributed by atoms with Gasteiger partial charge in [-0.3, -0.25) is 4.79 Å². The maximum absolute atomic E-state index is 12.2. The number of hydrogen-bond acceptors (Lipinski definition) is 6. The van der Waals surface area contributed by atoms with Crippen LogP contribution in [0, 0.1) is 22.7 Å². The SMILES string of the molecule is CC(C)C(C)(C)C(=O)OCCCCOc1ccc(C(=O)Oc2ccc(C#N)cc2)cc1. The number of esters is 2. The van der Waals surface area contributed by atoms with Gasteiger partial charge in [0.25, 0.3) is 0 Å². The van der Waals surface area contributed by atoms with Gasteiger partial charge in [-0.15, -0.1) is 0 Å². The molecule has 0 amide bonds. The Balaban J connectivity index is 1.70. The third-order valence-electron chi connectivity index (χ3n) is 5.29. The van der Waals surface area contributed by atoms with Gasteiger partial charge in [0.1, 0.15) is 11.5 Å². The van der Waals surface area contributed by atoms with Crippen LogP contribution in [0.1, 0.15) is 56.5 Å². The van der Waals surface area contributed by atoms with Crippen LogP contribution >= 0.6 is 0 Å². The Labute approximate surface area is 183 Å². The smallest absolute Gasteiger partial charge is 0.343 e. The van der Waals surface area contributed by atoms with E-state index in [1.807, 2.05) is 33.8 Å². The van der Waals surface area contributed by atoms with Crippen molar-refractivity contribution in [2.75, 3.05) is 13.2 Å². The highest BCUT2D eigenvalue weighted by atomic mass is 16.5. The van der Waals surface area contributed by atoms with E-state index in [9.17, 15) is 9.59 Å². The molecule has 0 spiro atoms. The normalized spacial score (nSPS) is 11.0. The molecular formula is C25H29NO5. The molecule has 6 nitrogen and oxygen atoms in total. The van der Waals surface area contributed by atoms with E-state index in [0.29, 0.717) is 35.8 Å². The summed E-state index contributed by atoms with van der Waals surface area (Å²) in [6, 6.07) is 15.0. The van der Waals surface area contributed by atoms with Gasteiger partial charge >= 0.3 is 11.9 Å². The number of carbonyl (C=O) groups excluding carboxylic acids is 2. The number of nitrogens with zero attached hydrogens (tertiary/aromatic N) is 1. The van der Waals surface area contributed by atoms with Crippen LogP contribution in [-0.2, 0) is 9.53 Å². The van der Waals surface area contributed by atoms with E-state index in [1.54, 1.807) is 48.5 Å². The number of benzene rings is 2. The predicted octanol–water partition coefficient (Wildman–Crippen LogP) is 5.16. The topological polar surface area (TPSA) is 85.6 Å². The highest BCUT2D eigenvalue weighted by molar-refractivity contribution is 5.91. The van der Waals surface area contributed by atoms with Crippen LogP contribution in [0.4, 0.5) is 0 Å². The zero-order valence-corrected chi connectivity index (χ0v) is 18.5. The maximum atomic E-state index is 12.2. The van der Waals surface area contributed by atoms with Gasteiger partial charge in [-0.2, -0.15) is 5.26 Å². The Morgan fingerprint density at radius 3 is 2.10 bits per heavy atom. The predicted molar refractivity (Wildman–Crippen MR) is 117 cm³/mol. The molecule has 0 fully saturated rings. The van der Waals surface area contributed by atoms with Gasteiger partial charge in [0, 0.05) is 0 Å². The summed E-state index contributed by atoms with van der Waals surface area (Å²) in [6.45, 7) is 8.67. The third-order valence-corrected chi connectivity index (χ3v) is 5.29. The molecule has 0 radical (unpaired) electrons. The number of carbonyl (C=O) groups is 2. The van der Waals surface area contributed by atoms with E-state index < -0.39 is 11.4 Å². The lowest BCUT2D eigenvalue weighted by Gasteiger charge is -2.26. The molecule has 0 N–H and O–H groups in total. The van der Waals surface area contributed by atoms with Crippen molar-refractivity contribution in [3.05, 3.63) is 59.7 Å². The summed E-state index contributed by atoms with van der Waals surface area (Å²) < 4.78 is 16.3. The molecule has 0 aliphatic heterocycles. The van der Waals surface area contributed by atoms with E-state index in [1.165, 1.54) is 0 Å². The van der Waals surface area contributed by atoms with Crippen molar-refractivity contribution >= 4 is 11.9 Å². The first kappa shape index (κ1) is 23.9. The van der Waals surface area contributed by atoms with Crippen LogP contribution in [-0.4, -0.2) is 25.2 Å². The molecule has 2 aromatic rings. The molecule has 0 atom stereocenters. The molecule has 0 aliphatic rings. The zero-order chi connectivity index (χ0) is 22.9. The molecule has 0 saturated heterocycles. The van der Waals surface area contributed by atoms with E-state index in [4.69, 9.17) is 19.5 Å². The second-order valence-corrected chi connectivity index (χ2v) is 8.12. The highest BCUT2D eigenvalue weighted by Gasteiger charge is 2.32. The molecule has 0 aliphatic carbocycles. The zero-order valence-electron chi connectivity index (χ0n) is 18.5. The summed E-state index contributed by atoms with van der Waals surface area (Å²) in [5, 5.41) is 8.80. The number of unbranched alkanes of at least 4 members (excludes halogenated alkanes) is 1. The van der Waals surface area contributed by atoms with E-state index in [-0.39, 0.29) is 11.9 Å². The monoisotopic (exact) mass is 423 g/mol. The van der Waals surface area contributed by atoms with Crippen LogP contribution in [0.3, 0.4) is 0 Å². The first-order valence-corrected chi connectivity index (χ1v) is 10.4. The van der Waals surface area contributed by atoms with Crippen LogP contribution in [0.25, 0.3) is 0 Å². The number of rotatable bonds is 10. The standard InChI is InChI=1S/C25H29NO5/c1-18(2)25(3,4)24(28)30-16-6-5-15-29-21-13-9-20(10-14-21)23(27)31-22-11-7-19(17-26)8-12-22/h7-14,18H,5-6,15-16H2,1-4H3. The number of nitriles is 1. The molecule has 0 aromatic heterocycles. The summed E-state index contributed by atoms with van der Waals surface area (Å²) in [5.41, 5.74) is 0.412. The van der Waals surface area contributed by atoms with Gasteiger partial charge in [0.2, 0.25) is 0 Å². The van der Waals surface area contributed by atoms with Crippen LogP contribution in [0.2, 0.25) is 0 Å². The summed E-state index contributed by atoms with van der Waals surface area (Å²) in [7, 11) is 0. The lowest BCUT2D eigenvalue weighted by Crippen LogP contribution is -2.32. The molecule has 0 bridgehead atoms. The van der Waals surface area contributed by atoms with Gasteiger partial charge in [-0.05, 0) is 81.1 Å². The van der Waals surface area contributed by atoms with Crippen molar-refractivity contribution in [3.63, 3.8) is 0 Å². The van der Waals surface area contributed by atoms with Crippen molar-refractivity contribution in [1.82, 2.24) is 0 Å². The number of ether oxygens (including phenoxy) is 3. The Hall–Kier alpha value is -3.33. The molecule has 164 valence electrons. The second kappa shape index (κ2) is 11.2. The van der Waals surface area contributed by atoms with Gasteiger partial charge < -0.3 is 14.2 Å². The van der Waals surface area contributed by atoms with E-state index in [0.717, 1.165) is 12.8 Å². The Kier molecular flexibility index (Phi) is 8.63. The van der Waals surface area contributed by atoms with Gasteiger partial charge in [0.15, 0.2) is 0 Å². The van der Waals surface area contributed by atoms with E-state index in [2.05, 4.69) is 0 Å². The summed E-state index contributed by atoms with van der Waals surface area (Å²) >= 11 is 0. The summed E-state index contributed by atoms with van der Waals surface area (Å²) in [6.07, 6.45) is 1.47. The molecule has 0 saturated carbocycles. The minimum atomic E-state index is -0.487. The fourth-order valence-corrected chi connectivity index (χ4v) is 2.43. The quantitative estimate of drug-likeness (QED) is 0.298. The molecule has 0 unspecified atom stereocenters. The average molecular weight is 424 g/mol. The fourth-order valence-electron chi connectivity index (χ4n) is 2.43. The van der Waals surface area contributed by atoms with Crippen LogP contribution in [0.5, 0.6) is 11.5 Å². The first-order valence-electron chi connectivity index (χ1n) is 10.4. The minimum Gasteiger partial charge on any atom is -0.494 e. The van der Waals surface area contributed by atoms with Crippen molar-refractivity contribution in [2.45, 2.75) is 40.5 Å². The Morgan fingerprint density at radius 2 is 1.52 bits per heavy atom. The minimum absolute atomic E-state index is 0.174. The van der Waals surface area contributed by atoms with Crippen molar-refractivity contribution in [2.24, 2.45) is 11.3 Å². The highest BCUT2D eigenvalue weighted by Crippen LogP contribution is 2.27. The van der Waals surface area contributed by atoms with Crippen molar-refractivity contribution in [1.29, 1.82) is 5.26 Å². The fraction of sp³-hybridized carbons (Fsp3) is 0.400. The molecule has 0 heterocycles.